The van der Waals surface area contributed by atoms with E-state index in [-0.39, 0.29) is 6.04 Å². The first kappa shape index (κ1) is 15.1. The molecule has 1 fully saturated rings. The first-order valence-corrected chi connectivity index (χ1v) is 8.33. The zero-order valence-electron chi connectivity index (χ0n) is 12.7. The topological polar surface area (TPSA) is 47.7 Å². The Morgan fingerprint density at radius 3 is 2.90 bits per heavy atom. The fourth-order valence-corrected chi connectivity index (χ4v) is 3.98. The summed E-state index contributed by atoms with van der Waals surface area (Å²) in [5.41, 5.74) is 7.65. The third-order valence-electron chi connectivity index (χ3n) is 4.43. The molecule has 0 bridgehead atoms. The number of nitrogens with zero attached hydrogens (tertiary/aromatic N) is 1. The lowest BCUT2D eigenvalue weighted by molar-refractivity contribution is 0.0806. The normalized spacial score (nSPS) is 22.3. The summed E-state index contributed by atoms with van der Waals surface area (Å²) >= 11 is 3.58. The Balaban J connectivity index is 1.88. The van der Waals surface area contributed by atoms with Gasteiger partial charge in [-0.25, -0.2) is 0 Å². The van der Waals surface area contributed by atoms with Gasteiger partial charge in [-0.05, 0) is 58.4 Å². The average molecular weight is 355 g/mol. The molecular formula is C16H23BrN2O2. The van der Waals surface area contributed by atoms with E-state index >= 15 is 0 Å². The van der Waals surface area contributed by atoms with E-state index in [9.17, 15) is 0 Å². The predicted octanol–water partition coefficient (Wildman–Crippen LogP) is 3.30. The molecule has 1 aromatic carbocycles. The first-order valence-electron chi connectivity index (χ1n) is 7.53. The van der Waals surface area contributed by atoms with E-state index in [2.05, 4.69) is 46.8 Å². The van der Waals surface area contributed by atoms with Crippen LogP contribution in [-0.2, 0) is 0 Å². The predicted molar refractivity (Wildman–Crippen MR) is 86.6 cm³/mol. The van der Waals surface area contributed by atoms with Crippen LogP contribution >= 0.6 is 15.9 Å². The van der Waals surface area contributed by atoms with Gasteiger partial charge in [0.25, 0.3) is 0 Å². The van der Waals surface area contributed by atoms with Crippen molar-refractivity contribution in [3.05, 3.63) is 22.2 Å². The van der Waals surface area contributed by atoms with Gasteiger partial charge in [0.2, 0.25) is 6.79 Å². The van der Waals surface area contributed by atoms with Gasteiger partial charge >= 0.3 is 0 Å². The van der Waals surface area contributed by atoms with Crippen molar-refractivity contribution >= 4 is 15.9 Å². The van der Waals surface area contributed by atoms with Crippen LogP contribution in [0.1, 0.15) is 38.3 Å². The zero-order chi connectivity index (χ0) is 15.0. The van der Waals surface area contributed by atoms with E-state index in [1.807, 2.05) is 0 Å². The van der Waals surface area contributed by atoms with E-state index in [4.69, 9.17) is 15.2 Å². The largest absolute Gasteiger partial charge is 0.454 e. The van der Waals surface area contributed by atoms with Crippen molar-refractivity contribution in [2.45, 2.75) is 32.7 Å². The van der Waals surface area contributed by atoms with E-state index in [0.717, 1.165) is 29.1 Å². The second-order valence-corrected chi connectivity index (χ2v) is 7.58. The Bertz CT molecular complexity index is 533. The van der Waals surface area contributed by atoms with Crippen LogP contribution in [0.15, 0.2) is 16.6 Å². The molecule has 1 aromatic rings. The molecule has 1 atom stereocenters. The molecule has 5 heteroatoms. The molecule has 116 valence electrons. The molecule has 2 heterocycles. The van der Waals surface area contributed by atoms with Crippen LogP contribution in [0.25, 0.3) is 0 Å². The van der Waals surface area contributed by atoms with Gasteiger partial charge in [-0.1, -0.05) is 13.8 Å². The lowest BCUT2D eigenvalue weighted by Gasteiger charge is -2.42. The highest BCUT2D eigenvalue weighted by Crippen LogP contribution is 2.42. The summed E-state index contributed by atoms with van der Waals surface area (Å²) in [6, 6.07) is 4.43. The number of ether oxygens (including phenoxy) is 2. The van der Waals surface area contributed by atoms with Crippen LogP contribution in [0.3, 0.4) is 0 Å². The molecule has 2 aliphatic heterocycles. The minimum Gasteiger partial charge on any atom is -0.454 e. The summed E-state index contributed by atoms with van der Waals surface area (Å²) in [6.45, 7) is 7.77. The zero-order valence-corrected chi connectivity index (χ0v) is 14.3. The second-order valence-electron chi connectivity index (χ2n) is 6.73. The number of nitrogens with two attached hydrogens (primary N) is 1. The minimum absolute atomic E-state index is 0.232. The van der Waals surface area contributed by atoms with Gasteiger partial charge in [0, 0.05) is 19.1 Å². The Hall–Kier alpha value is -0.780. The van der Waals surface area contributed by atoms with Crippen LogP contribution in [0, 0.1) is 5.41 Å². The van der Waals surface area contributed by atoms with Crippen molar-refractivity contribution in [1.82, 2.24) is 4.90 Å². The molecule has 1 unspecified atom stereocenters. The molecule has 4 nitrogen and oxygen atoms in total. The van der Waals surface area contributed by atoms with Crippen molar-refractivity contribution in [2.75, 3.05) is 26.4 Å². The van der Waals surface area contributed by atoms with E-state index < -0.39 is 0 Å². The maximum absolute atomic E-state index is 6.09. The van der Waals surface area contributed by atoms with E-state index in [1.54, 1.807) is 0 Å². The monoisotopic (exact) mass is 354 g/mol. The van der Waals surface area contributed by atoms with Gasteiger partial charge in [0.05, 0.1) is 4.47 Å². The molecule has 0 aliphatic carbocycles. The lowest BCUT2D eigenvalue weighted by Crippen LogP contribution is -2.44. The molecule has 2 N–H and O–H groups in total. The summed E-state index contributed by atoms with van der Waals surface area (Å²) in [4.78, 5) is 2.51. The summed E-state index contributed by atoms with van der Waals surface area (Å²) < 4.78 is 11.9. The van der Waals surface area contributed by atoms with Crippen LogP contribution in [-0.4, -0.2) is 31.3 Å². The maximum Gasteiger partial charge on any atom is 0.231 e. The molecule has 0 saturated carbocycles. The number of likely N-dealkylation sites (tertiary alicyclic amines) is 1. The van der Waals surface area contributed by atoms with Gasteiger partial charge in [-0.3, -0.25) is 4.90 Å². The van der Waals surface area contributed by atoms with Gasteiger partial charge in [0.15, 0.2) is 11.5 Å². The Morgan fingerprint density at radius 2 is 2.19 bits per heavy atom. The van der Waals surface area contributed by atoms with Crippen LogP contribution < -0.4 is 15.2 Å². The molecule has 3 rings (SSSR count). The van der Waals surface area contributed by atoms with Gasteiger partial charge in [-0.15, -0.1) is 0 Å². The van der Waals surface area contributed by atoms with Gasteiger partial charge < -0.3 is 15.2 Å². The summed E-state index contributed by atoms with van der Waals surface area (Å²) in [5.74, 6) is 1.61. The van der Waals surface area contributed by atoms with Crippen molar-refractivity contribution in [3.63, 3.8) is 0 Å². The van der Waals surface area contributed by atoms with Crippen LogP contribution in [0.5, 0.6) is 11.5 Å². The summed E-state index contributed by atoms with van der Waals surface area (Å²) in [5, 5.41) is 0. The van der Waals surface area contributed by atoms with E-state index in [0.29, 0.717) is 18.8 Å². The molecule has 21 heavy (non-hydrogen) atoms. The molecular weight excluding hydrogens is 332 g/mol. The third kappa shape index (κ3) is 3.05. The fraction of sp³-hybridized carbons (Fsp3) is 0.625. The number of fused-ring (bicyclic) bond motifs is 1. The fourth-order valence-electron chi connectivity index (χ4n) is 3.41. The number of hydrogen-bond donors (Lipinski definition) is 1. The molecule has 0 aromatic heterocycles. The number of piperidine rings is 1. The van der Waals surface area contributed by atoms with Crippen LogP contribution in [0.4, 0.5) is 0 Å². The highest BCUT2D eigenvalue weighted by atomic mass is 79.9. The lowest BCUT2D eigenvalue weighted by atomic mass is 9.83. The molecule has 1 saturated heterocycles. The third-order valence-corrected chi connectivity index (χ3v) is 5.02. The highest BCUT2D eigenvalue weighted by molar-refractivity contribution is 9.10. The quantitative estimate of drug-likeness (QED) is 0.904. The van der Waals surface area contributed by atoms with E-state index in [1.165, 1.54) is 18.4 Å². The molecule has 0 spiro atoms. The van der Waals surface area contributed by atoms with Crippen molar-refractivity contribution in [1.29, 1.82) is 0 Å². The van der Waals surface area contributed by atoms with Crippen molar-refractivity contribution in [3.8, 4) is 11.5 Å². The molecule has 2 aliphatic rings. The SMILES string of the molecule is CC1(C)CCCN(C(CN)c2cc(Br)c3c(c2)OCO3)C1. The average Bonchev–Trinajstić information content (AvgIpc) is 2.87. The smallest absolute Gasteiger partial charge is 0.231 e. The first-order chi connectivity index (χ1) is 10.00. The Kier molecular flexibility index (Phi) is 4.17. The second kappa shape index (κ2) is 5.78. The Morgan fingerprint density at radius 1 is 1.38 bits per heavy atom. The van der Waals surface area contributed by atoms with Gasteiger partial charge in [0.1, 0.15) is 0 Å². The molecule has 0 radical (unpaired) electrons. The maximum atomic E-state index is 6.09. The van der Waals surface area contributed by atoms with Gasteiger partial charge in [-0.2, -0.15) is 0 Å². The van der Waals surface area contributed by atoms with Crippen molar-refractivity contribution < 1.29 is 9.47 Å². The highest BCUT2D eigenvalue weighted by Gasteiger charge is 2.31. The standard InChI is InChI=1S/C16H23BrN2O2/c1-16(2)4-3-5-19(9-16)13(8-18)11-6-12(17)15-14(7-11)20-10-21-15/h6-7,13H,3-5,8-10,18H2,1-2H3. The minimum atomic E-state index is 0.232. The number of rotatable bonds is 3. The number of halogens is 1. The Labute approximate surface area is 134 Å². The molecule has 0 amide bonds. The summed E-state index contributed by atoms with van der Waals surface area (Å²) in [7, 11) is 0. The summed E-state index contributed by atoms with van der Waals surface area (Å²) in [6.07, 6.45) is 2.51. The number of benzene rings is 1. The van der Waals surface area contributed by atoms with Crippen molar-refractivity contribution in [2.24, 2.45) is 11.1 Å². The number of hydrogen-bond acceptors (Lipinski definition) is 4. The van der Waals surface area contributed by atoms with Crippen LogP contribution in [0.2, 0.25) is 0 Å².